The highest BCUT2D eigenvalue weighted by Crippen LogP contribution is 2.29. The van der Waals surface area contributed by atoms with Crippen molar-refractivity contribution in [3.05, 3.63) is 35.9 Å². The number of amides is 3. The maximum Gasteiger partial charge on any atom is 0.225 e. The summed E-state index contributed by atoms with van der Waals surface area (Å²) in [7, 11) is 0. The lowest BCUT2D eigenvalue weighted by Gasteiger charge is -2.40. The summed E-state index contributed by atoms with van der Waals surface area (Å²) >= 11 is 0. The Morgan fingerprint density at radius 3 is 2.62 bits per heavy atom. The van der Waals surface area contributed by atoms with E-state index in [1.807, 2.05) is 51.1 Å². The number of nitrogens with zero attached hydrogens (tertiary/aromatic N) is 1. The summed E-state index contributed by atoms with van der Waals surface area (Å²) in [6.07, 6.45) is 1.27. The summed E-state index contributed by atoms with van der Waals surface area (Å²) in [5.41, 5.74) is 0.586. The van der Waals surface area contributed by atoms with Crippen molar-refractivity contribution in [2.24, 2.45) is 5.92 Å². The number of rotatable bonds is 4. The van der Waals surface area contributed by atoms with E-state index in [-0.39, 0.29) is 42.1 Å². The van der Waals surface area contributed by atoms with Gasteiger partial charge in [-0.2, -0.15) is 0 Å². The van der Waals surface area contributed by atoms with Gasteiger partial charge in [0.1, 0.15) is 0 Å². The fourth-order valence-corrected chi connectivity index (χ4v) is 3.88. The van der Waals surface area contributed by atoms with Crippen LogP contribution in [0.2, 0.25) is 0 Å². The van der Waals surface area contributed by atoms with Crippen LogP contribution in [0, 0.1) is 5.92 Å². The molecule has 140 valence electrons. The Morgan fingerprint density at radius 2 is 1.96 bits per heavy atom. The molecule has 1 aromatic carbocycles. The van der Waals surface area contributed by atoms with Crippen LogP contribution in [0.25, 0.3) is 0 Å². The van der Waals surface area contributed by atoms with Gasteiger partial charge in [0.25, 0.3) is 0 Å². The van der Waals surface area contributed by atoms with E-state index in [1.165, 1.54) is 0 Å². The van der Waals surface area contributed by atoms with Crippen molar-refractivity contribution in [3.63, 3.8) is 0 Å². The highest BCUT2D eigenvalue weighted by atomic mass is 16.2. The molecule has 0 aliphatic carbocycles. The second kappa shape index (κ2) is 7.09. The van der Waals surface area contributed by atoms with Crippen LogP contribution in [0.15, 0.2) is 30.3 Å². The van der Waals surface area contributed by atoms with Crippen molar-refractivity contribution in [3.8, 4) is 0 Å². The Hall–Kier alpha value is -2.37. The lowest BCUT2D eigenvalue weighted by molar-refractivity contribution is -0.131. The van der Waals surface area contributed by atoms with Gasteiger partial charge in [0.2, 0.25) is 17.7 Å². The van der Waals surface area contributed by atoms with E-state index in [4.69, 9.17) is 0 Å². The number of nitrogens with one attached hydrogen (secondary N) is 2. The summed E-state index contributed by atoms with van der Waals surface area (Å²) in [5, 5.41) is 5.99. The SMILES string of the molecule is CC(c1ccccc1)N1CC(C(=O)NC2CCC(=O)NC2(C)C)CC1=O. The van der Waals surface area contributed by atoms with Crippen molar-refractivity contribution in [2.75, 3.05) is 6.54 Å². The number of benzene rings is 1. The lowest BCUT2D eigenvalue weighted by atomic mass is 9.86. The third-order valence-electron chi connectivity index (χ3n) is 5.59. The molecule has 2 saturated heterocycles. The molecule has 2 fully saturated rings. The Kier molecular flexibility index (Phi) is 5.03. The van der Waals surface area contributed by atoms with Gasteiger partial charge < -0.3 is 15.5 Å². The molecule has 2 aliphatic heterocycles. The molecule has 2 aliphatic rings. The molecule has 0 saturated carbocycles. The largest absolute Gasteiger partial charge is 0.351 e. The molecule has 0 bridgehead atoms. The predicted octanol–water partition coefficient (Wildman–Crippen LogP) is 1.77. The van der Waals surface area contributed by atoms with Crippen LogP contribution in [-0.2, 0) is 14.4 Å². The van der Waals surface area contributed by atoms with Crippen molar-refractivity contribution in [1.29, 1.82) is 0 Å². The first-order chi connectivity index (χ1) is 12.3. The van der Waals surface area contributed by atoms with Gasteiger partial charge in [-0.3, -0.25) is 14.4 Å². The molecule has 3 atom stereocenters. The third kappa shape index (κ3) is 3.74. The number of carbonyl (C=O) groups excluding carboxylic acids is 3. The number of hydrogen-bond acceptors (Lipinski definition) is 3. The molecule has 0 aromatic heterocycles. The maximum absolute atomic E-state index is 12.7. The van der Waals surface area contributed by atoms with Gasteiger partial charge >= 0.3 is 0 Å². The average molecular weight is 357 g/mol. The molecule has 6 nitrogen and oxygen atoms in total. The number of hydrogen-bond donors (Lipinski definition) is 2. The first kappa shape index (κ1) is 18.4. The van der Waals surface area contributed by atoms with Gasteiger partial charge in [-0.15, -0.1) is 0 Å². The molecule has 0 radical (unpaired) electrons. The molecule has 1 aromatic rings. The second-order valence-corrected chi connectivity index (χ2v) is 7.90. The zero-order valence-corrected chi connectivity index (χ0v) is 15.6. The van der Waals surface area contributed by atoms with E-state index in [0.717, 1.165) is 5.56 Å². The van der Waals surface area contributed by atoms with Gasteiger partial charge in [-0.05, 0) is 32.8 Å². The van der Waals surface area contributed by atoms with Crippen LogP contribution in [-0.4, -0.2) is 40.7 Å². The zero-order chi connectivity index (χ0) is 18.9. The summed E-state index contributed by atoms with van der Waals surface area (Å²) in [5.74, 6) is -0.422. The maximum atomic E-state index is 12.7. The van der Waals surface area contributed by atoms with Crippen molar-refractivity contribution < 1.29 is 14.4 Å². The zero-order valence-electron chi connectivity index (χ0n) is 15.6. The standard InChI is InChI=1S/C20H27N3O3/c1-13(14-7-5-4-6-8-14)23-12-15(11-18(23)25)19(26)21-16-9-10-17(24)22-20(16,2)3/h4-8,13,15-16H,9-12H2,1-3H3,(H,21,26)(H,22,24). The van der Waals surface area contributed by atoms with Gasteiger partial charge in [0.15, 0.2) is 0 Å². The fraction of sp³-hybridized carbons (Fsp3) is 0.550. The molecule has 3 amide bonds. The monoisotopic (exact) mass is 357 g/mol. The highest BCUT2D eigenvalue weighted by molar-refractivity contribution is 5.90. The van der Waals surface area contributed by atoms with Crippen molar-refractivity contribution >= 4 is 17.7 Å². The van der Waals surface area contributed by atoms with Gasteiger partial charge in [-0.25, -0.2) is 0 Å². The van der Waals surface area contributed by atoms with Crippen LogP contribution in [0.1, 0.15) is 51.6 Å². The van der Waals surface area contributed by atoms with E-state index in [2.05, 4.69) is 10.6 Å². The van der Waals surface area contributed by atoms with E-state index in [1.54, 1.807) is 4.90 Å². The molecule has 3 unspecified atom stereocenters. The molecule has 2 heterocycles. The number of carbonyl (C=O) groups is 3. The minimum absolute atomic E-state index is 0.0118. The topological polar surface area (TPSA) is 78.5 Å². The molecule has 0 spiro atoms. The molecule has 6 heteroatoms. The quantitative estimate of drug-likeness (QED) is 0.862. The van der Waals surface area contributed by atoms with E-state index in [0.29, 0.717) is 19.4 Å². The fourth-order valence-electron chi connectivity index (χ4n) is 3.88. The average Bonchev–Trinajstić information content (AvgIpc) is 2.99. The third-order valence-corrected chi connectivity index (χ3v) is 5.59. The second-order valence-electron chi connectivity index (χ2n) is 7.90. The van der Waals surface area contributed by atoms with E-state index >= 15 is 0 Å². The molecule has 2 N–H and O–H groups in total. The van der Waals surface area contributed by atoms with Gasteiger partial charge in [0.05, 0.1) is 23.5 Å². The molecule has 3 rings (SSSR count). The molecular weight excluding hydrogens is 330 g/mol. The van der Waals surface area contributed by atoms with E-state index < -0.39 is 5.54 Å². The van der Waals surface area contributed by atoms with Gasteiger partial charge in [0, 0.05) is 19.4 Å². The predicted molar refractivity (Wildman–Crippen MR) is 98.1 cm³/mol. The Balaban J connectivity index is 1.63. The molecule has 26 heavy (non-hydrogen) atoms. The normalized spacial score (nSPS) is 26.3. The van der Waals surface area contributed by atoms with Crippen LogP contribution < -0.4 is 10.6 Å². The summed E-state index contributed by atoms with van der Waals surface area (Å²) in [6.45, 7) is 6.25. The lowest BCUT2D eigenvalue weighted by Crippen LogP contribution is -2.62. The minimum atomic E-state index is -0.482. The minimum Gasteiger partial charge on any atom is -0.351 e. The first-order valence-corrected chi connectivity index (χ1v) is 9.23. The number of likely N-dealkylation sites (tertiary alicyclic amines) is 1. The first-order valence-electron chi connectivity index (χ1n) is 9.23. The summed E-state index contributed by atoms with van der Waals surface area (Å²) in [6, 6.07) is 9.68. The van der Waals surface area contributed by atoms with Crippen LogP contribution >= 0.6 is 0 Å². The van der Waals surface area contributed by atoms with Crippen molar-refractivity contribution in [1.82, 2.24) is 15.5 Å². The number of piperidine rings is 1. The summed E-state index contributed by atoms with van der Waals surface area (Å²) < 4.78 is 0. The molecular formula is C20H27N3O3. The Morgan fingerprint density at radius 1 is 1.27 bits per heavy atom. The Labute approximate surface area is 154 Å². The van der Waals surface area contributed by atoms with Gasteiger partial charge in [-0.1, -0.05) is 30.3 Å². The van der Waals surface area contributed by atoms with Crippen LogP contribution in [0.5, 0.6) is 0 Å². The highest BCUT2D eigenvalue weighted by Gasteiger charge is 2.41. The van der Waals surface area contributed by atoms with Crippen molar-refractivity contribution in [2.45, 2.75) is 57.7 Å². The Bertz CT molecular complexity index is 702. The van der Waals surface area contributed by atoms with Crippen LogP contribution in [0.3, 0.4) is 0 Å². The van der Waals surface area contributed by atoms with Crippen LogP contribution in [0.4, 0.5) is 0 Å². The summed E-state index contributed by atoms with van der Waals surface area (Å²) in [4.78, 5) is 38.6. The smallest absolute Gasteiger partial charge is 0.225 e. The van der Waals surface area contributed by atoms with E-state index in [9.17, 15) is 14.4 Å².